The molecule has 0 fully saturated rings. The molecule has 2 atom stereocenters. The van der Waals surface area contributed by atoms with Crippen LogP contribution in [0, 0.1) is 0 Å². The molecule has 3 rings (SSSR count). The average Bonchev–Trinajstić information content (AvgIpc) is 3.10. The van der Waals surface area contributed by atoms with E-state index >= 15 is 0 Å². The maximum Gasteiger partial charge on any atom is 0.471 e. The van der Waals surface area contributed by atoms with Crippen molar-refractivity contribution >= 4 is 23.6 Å². The van der Waals surface area contributed by atoms with E-state index in [0.717, 1.165) is 12.5 Å². The molecule has 0 aromatic heterocycles. The molecule has 0 radical (unpaired) electrons. The third-order valence-corrected chi connectivity index (χ3v) is 6.81. The molecule has 0 saturated heterocycles. The number of hydrogen-bond donors (Lipinski definition) is 2. The first kappa shape index (κ1) is 28.2. The number of rotatable bonds is 7. The van der Waals surface area contributed by atoms with Crippen LogP contribution in [-0.2, 0) is 16.0 Å². The number of fused-ring (bicyclic) bond motifs is 3. The Morgan fingerprint density at radius 2 is 1.76 bits per heavy atom. The van der Waals surface area contributed by atoms with Crippen LogP contribution < -0.4 is 30.3 Å². The van der Waals surface area contributed by atoms with Gasteiger partial charge in [0.25, 0.3) is 0 Å². The van der Waals surface area contributed by atoms with E-state index in [2.05, 4.69) is 5.32 Å². The molecule has 0 saturated carbocycles. The molecule has 2 aromatic carbocycles. The number of ether oxygens (including phenoxy) is 3. The molecule has 12 heteroatoms. The summed E-state index contributed by atoms with van der Waals surface area (Å²) in [5.41, 5.74) is 2.20. The van der Waals surface area contributed by atoms with Gasteiger partial charge in [0.2, 0.25) is 11.7 Å². The summed E-state index contributed by atoms with van der Waals surface area (Å²) in [4.78, 5) is 37.6. The van der Waals surface area contributed by atoms with E-state index < -0.39 is 30.1 Å². The second kappa shape index (κ2) is 11.3. The summed E-state index contributed by atoms with van der Waals surface area (Å²) in [6.07, 6.45) is -2.65. The fourth-order valence-corrected chi connectivity index (χ4v) is 4.72. The Hall–Kier alpha value is -3.41. The molecule has 0 heterocycles. The molecule has 2 aromatic rings. The van der Waals surface area contributed by atoms with Crippen molar-refractivity contribution in [1.29, 1.82) is 0 Å². The predicted molar refractivity (Wildman–Crippen MR) is 132 cm³/mol. The highest BCUT2D eigenvalue weighted by Crippen LogP contribution is 2.50. The summed E-state index contributed by atoms with van der Waals surface area (Å²) >= 11 is 1.26. The first-order valence-corrected chi connectivity index (χ1v) is 12.4. The number of alkyl halides is 3. The summed E-state index contributed by atoms with van der Waals surface area (Å²) in [5, 5.41) is 4.37. The molecule has 1 aliphatic carbocycles. The quantitative estimate of drug-likeness (QED) is 0.517. The number of halogens is 3. The SMILES string of the molecule is COc1cc2c(c(OC)c1OC)-c1ccc(SC)c(=O)cc1[C@@H](NC(=O)[C@H](C)NC(=O)C(F)(F)F)CC2. The van der Waals surface area contributed by atoms with Gasteiger partial charge in [0.15, 0.2) is 16.9 Å². The molecule has 1 aliphatic rings. The summed E-state index contributed by atoms with van der Waals surface area (Å²) in [6, 6.07) is 4.39. The number of aryl methyl sites for hydroxylation is 1. The third-order valence-electron chi connectivity index (χ3n) is 6.04. The lowest BCUT2D eigenvalue weighted by atomic mass is 9.95. The highest BCUT2D eigenvalue weighted by atomic mass is 32.2. The summed E-state index contributed by atoms with van der Waals surface area (Å²) in [7, 11) is 4.43. The van der Waals surface area contributed by atoms with E-state index in [1.807, 2.05) is 0 Å². The molecule has 0 bridgehead atoms. The zero-order valence-electron chi connectivity index (χ0n) is 20.9. The Bertz CT molecular complexity index is 1270. The Balaban J connectivity index is 2.16. The van der Waals surface area contributed by atoms with Crippen molar-refractivity contribution in [2.24, 2.45) is 0 Å². The van der Waals surface area contributed by atoms with E-state index in [1.54, 1.807) is 29.8 Å². The number of nitrogens with one attached hydrogen (secondary N) is 2. The van der Waals surface area contributed by atoms with E-state index in [0.29, 0.717) is 51.7 Å². The topological polar surface area (TPSA) is 103 Å². The van der Waals surface area contributed by atoms with Crippen molar-refractivity contribution in [1.82, 2.24) is 10.6 Å². The van der Waals surface area contributed by atoms with E-state index in [-0.39, 0.29) is 5.43 Å². The van der Waals surface area contributed by atoms with Gasteiger partial charge in [0, 0.05) is 5.56 Å². The van der Waals surface area contributed by atoms with Gasteiger partial charge in [-0.1, -0.05) is 6.07 Å². The lowest BCUT2D eigenvalue weighted by Gasteiger charge is -2.22. The summed E-state index contributed by atoms with van der Waals surface area (Å²) in [5.74, 6) is -1.89. The van der Waals surface area contributed by atoms with Crippen LogP contribution in [0.1, 0.15) is 30.5 Å². The average molecular weight is 541 g/mol. The first-order valence-electron chi connectivity index (χ1n) is 11.2. The van der Waals surface area contributed by atoms with Crippen molar-refractivity contribution in [3.05, 3.63) is 45.6 Å². The largest absolute Gasteiger partial charge is 0.493 e. The van der Waals surface area contributed by atoms with Crippen LogP contribution in [-0.4, -0.2) is 51.6 Å². The van der Waals surface area contributed by atoms with Gasteiger partial charge >= 0.3 is 12.1 Å². The standard InChI is InChI=1S/C25H27F3N2O6S/c1-12(29-24(33)25(26,27)28)23(32)30-16-8-6-13-10-18(34-2)21(35-3)22(36-4)20(13)14-7-9-19(37-5)17(31)11-15(14)16/h7,9-12,16H,6,8H2,1-5H3,(H,29,33)(H,30,32)/t12-,16-/m0/s1. The van der Waals surface area contributed by atoms with Crippen LogP contribution in [0.3, 0.4) is 0 Å². The van der Waals surface area contributed by atoms with Gasteiger partial charge in [-0.3, -0.25) is 14.4 Å². The summed E-state index contributed by atoms with van der Waals surface area (Å²) in [6.45, 7) is 1.15. The van der Waals surface area contributed by atoms with Gasteiger partial charge in [-0.2, -0.15) is 13.2 Å². The number of amides is 2. The van der Waals surface area contributed by atoms with Crippen LogP contribution in [0.25, 0.3) is 11.1 Å². The smallest absolute Gasteiger partial charge is 0.471 e. The number of carbonyl (C=O) groups is 2. The minimum atomic E-state index is -5.13. The molecule has 8 nitrogen and oxygen atoms in total. The van der Waals surface area contributed by atoms with Crippen LogP contribution in [0.15, 0.2) is 34.0 Å². The van der Waals surface area contributed by atoms with Crippen molar-refractivity contribution in [3.8, 4) is 28.4 Å². The minimum absolute atomic E-state index is 0.283. The second-order valence-corrected chi connectivity index (χ2v) is 9.10. The Morgan fingerprint density at radius 1 is 1.08 bits per heavy atom. The van der Waals surface area contributed by atoms with Gasteiger partial charge in [-0.25, -0.2) is 0 Å². The fourth-order valence-electron chi connectivity index (χ4n) is 4.26. The number of carbonyl (C=O) groups excluding carboxylic acids is 2. The van der Waals surface area contributed by atoms with Gasteiger partial charge in [-0.05, 0) is 60.9 Å². The monoisotopic (exact) mass is 540 g/mol. The molecule has 0 spiro atoms. The van der Waals surface area contributed by atoms with Gasteiger partial charge < -0.3 is 24.8 Å². The van der Waals surface area contributed by atoms with Gasteiger partial charge in [-0.15, -0.1) is 11.8 Å². The lowest BCUT2D eigenvalue weighted by Crippen LogP contribution is -2.49. The highest BCUT2D eigenvalue weighted by Gasteiger charge is 2.40. The zero-order chi connectivity index (χ0) is 27.5. The number of thioether (sulfide) groups is 1. The highest BCUT2D eigenvalue weighted by molar-refractivity contribution is 7.98. The molecular formula is C25H27F3N2O6S. The molecule has 37 heavy (non-hydrogen) atoms. The van der Waals surface area contributed by atoms with Crippen LogP contribution in [0.4, 0.5) is 13.2 Å². The second-order valence-electron chi connectivity index (χ2n) is 8.25. The molecule has 200 valence electrons. The summed E-state index contributed by atoms with van der Waals surface area (Å²) < 4.78 is 54.7. The minimum Gasteiger partial charge on any atom is -0.493 e. The zero-order valence-corrected chi connectivity index (χ0v) is 21.7. The van der Waals surface area contributed by atoms with E-state index in [4.69, 9.17) is 14.2 Å². The van der Waals surface area contributed by atoms with Crippen LogP contribution in [0.2, 0.25) is 0 Å². The van der Waals surface area contributed by atoms with Gasteiger partial charge in [0.1, 0.15) is 6.04 Å². The lowest BCUT2D eigenvalue weighted by molar-refractivity contribution is -0.174. The Kier molecular flexibility index (Phi) is 8.62. The number of benzene rings is 1. The Labute approximate surface area is 215 Å². The molecule has 0 unspecified atom stereocenters. The van der Waals surface area contributed by atoms with Crippen molar-refractivity contribution in [3.63, 3.8) is 0 Å². The Morgan fingerprint density at radius 3 is 2.32 bits per heavy atom. The number of methoxy groups -OCH3 is 3. The van der Waals surface area contributed by atoms with Crippen molar-refractivity contribution < 1.29 is 37.0 Å². The molecule has 2 N–H and O–H groups in total. The third kappa shape index (κ3) is 5.79. The maximum absolute atomic E-state index is 13.0. The normalized spacial score (nSPS) is 15.4. The predicted octanol–water partition coefficient (Wildman–Crippen LogP) is 3.63. The number of hydrogen-bond acceptors (Lipinski definition) is 7. The van der Waals surface area contributed by atoms with E-state index in [9.17, 15) is 27.6 Å². The fraction of sp³-hybridized carbons (Fsp3) is 0.400. The van der Waals surface area contributed by atoms with Crippen molar-refractivity contribution in [2.45, 2.75) is 42.9 Å². The van der Waals surface area contributed by atoms with Crippen molar-refractivity contribution in [2.75, 3.05) is 27.6 Å². The maximum atomic E-state index is 13.0. The molecular weight excluding hydrogens is 513 g/mol. The molecule has 2 amide bonds. The van der Waals surface area contributed by atoms with Gasteiger partial charge in [0.05, 0.1) is 32.3 Å². The van der Waals surface area contributed by atoms with E-state index in [1.165, 1.54) is 39.2 Å². The molecule has 0 aliphatic heterocycles. The first-order chi connectivity index (χ1) is 17.5. The van der Waals surface area contributed by atoms with Crippen LogP contribution >= 0.6 is 11.8 Å². The van der Waals surface area contributed by atoms with Crippen LogP contribution in [0.5, 0.6) is 17.2 Å².